The van der Waals surface area contributed by atoms with Crippen LogP contribution in [-0.2, 0) is 10.0 Å². The van der Waals surface area contributed by atoms with E-state index in [0.717, 1.165) is 5.56 Å². The molecule has 1 atom stereocenters. The second-order valence-electron chi connectivity index (χ2n) is 4.72. The van der Waals surface area contributed by atoms with Gasteiger partial charge in [0.2, 0.25) is 10.0 Å². The van der Waals surface area contributed by atoms with E-state index in [1.165, 1.54) is 0 Å². The molecule has 0 aliphatic heterocycles. The Balaban J connectivity index is 2.30. The average molecular weight is 290 g/mol. The SMILES string of the molecule is Cc1c(N)cccc1S(=O)(=O)N[C@H](C)c1ccccc1. The van der Waals surface area contributed by atoms with Crippen LogP contribution in [0.5, 0.6) is 0 Å². The Hall–Kier alpha value is -1.85. The summed E-state index contributed by atoms with van der Waals surface area (Å²) in [5.41, 5.74) is 7.72. The lowest BCUT2D eigenvalue weighted by molar-refractivity contribution is 0.566. The van der Waals surface area contributed by atoms with Crippen molar-refractivity contribution in [3.63, 3.8) is 0 Å². The number of anilines is 1. The summed E-state index contributed by atoms with van der Waals surface area (Å²) < 4.78 is 27.5. The van der Waals surface area contributed by atoms with Gasteiger partial charge in [0.1, 0.15) is 0 Å². The van der Waals surface area contributed by atoms with Crippen molar-refractivity contribution in [3.05, 3.63) is 59.7 Å². The number of nitrogen functional groups attached to an aromatic ring is 1. The zero-order valence-corrected chi connectivity index (χ0v) is 12.3. The molecular formula is C15H18N2O2S. The van der Waals surface area contributed by atoms with Crippen LogP contribution in [0.1, 0.15) is 24.1 Å². The van der Waals surface area contributed by atoms with Gasteiger partial charge in [-0.25, -0.2) is 13.1 Å². The van der Waals surface area contributed by atoms with E-state index in [9.17, 15) is 8.42 Å². The zero-order valence-electron chi connectivity index (χ0n) is 11.5. The minimum Gasteiger partial charge on any atom is -0.398 e. The van der Waals surface area contributed by atoms with E-state index in [0.29, 0.717) is 11.3 Å². The summed E-state index contributed by atoms with van der Waals surface area (Å²) in [6.45, 7) is 3.52. The molecule has 0 heterocycles. The second kappa shape index (κ2) is 5.64. The molecule has 0 saturated heterocycles. The van der Waals surface area contributed by atoms with Crippen LogP contribution in [-0.4, -0.2) is 8.42 Å². The van der Waals surface area contributed by atoms with Crippen molar-refractivity contribution in [2.24, 2.45) is 0 Å². The molecule has 0 bridgehead atoms. The van der Waals surface area contributed by atoms with Crippen LogP contribution in [0.4, 0.5) is 5.69 Å². The van der Waals surface area contributed by atoms with Gasteiger partial charge in [-0.3, -0.25) is 0 Å². The molecule has 0 aliphatic carbocycles. The lowest BCUT2D eigenvalue weighted by atomic mass is 10.1. The van der Waals surface area contributed by atoms with Crippen LogP contribution in [0.3, 0.4) is 0 Å². The first-order valence-electron chi connectivity index (χ1n) is 6.34. The normalized spacial score (nSPS) is 13.1. The average Bonchev–Trinajstić information content (AvgIpc) is 2.42. The summed E-state index contributed by atoms with van der Waals surface area (Å²) in [6.07, 6.45) is 0. The Kier molecular flexibility index (Phi) is 4.11. The molecule has 0 amide bonds. The van der Waals surface area contributed by atoms with Gasteiger partial charge in [-0.1, -0.05) is 36.4 Å². The van der Waals surface area contributed by atoms with Crippen LogP contribution < -0.4 is 10.5 Å². The van der Waals surface area contributed by atoms with E-state index in [1.54, 1.807) is 25.1 Å². The summed E-state index contributed by atoms with van der Waals surface area (Å²) in [5, 5.41) is 0. The summed E-state index contributed by atoms with van der Waals surface area (Å²) in [6, 6.07) is 14.0. The molecule has 3 N–H and O–H groups in total. The molecule has 0 saturated carbocycles. The summed E-state index contributed by atoms with van der Waals surface area (Å²) in [5.74, 6) is 0. The molecule has 5 heteroatoms. The number of nitrogens with two attached hydrogens (primary N) is 1. The third-order valence-corrected chi connectivity index (χ3v) is 4.93. The quantitative estimate of drug-likeness (QED) is 0.850. The molecule has 20 heavy (non-hydrogen) atoms. The minimum atomic E-state index is -3.59. The number of rotatable bonds is 4. The highest BCUT2D eigenvalue weighted by Crippen LogP contribution is 2.22. The van der Waals surface area contributed by atoms with Gasteiger partial charge in [0.25, 0.3) is 0 Å². The van der Waals surface area contributed by atoms with Crippen molar-refractivity contribution in [1.82, 2.24) is 4.72 Å². The van der Waals surface area contributed by atoms with E-state index >= 15 is 0 Å². The molecule has 2 aromatic rings. The molecule has 106 valence electrons. The van der Waals surface area contributed by atoms with E-state index in [4.69, 9.17) is 5.73 Å². The van der Waals surface area contributed by atoms with E-state index in [-0.39, 0.29) is 10.9 Å². The Labute approximate surface area is 119 Å². The van der Waals surface area contributed by atoms with Crippen LogP contribution in [0.25, 0.3) is 0 Å². The number of sulfonamides is 1. The predicted molar refractivity (Wildman–Crippen MR) is 80.8 cm³/mol. The molecule has 0 aliphatic rings. The molecule has 0 aromatic heterocycles. The van der Waals surface area contributed by atoms with Gasteiger partial charge in [-0.05, 0) is 37.1 Å². The van der Waals surface area contributed by atoms with Gasteiger partial charge < -0.3 is 5.73 Å². The molecule has 0 fully saturated rings. The number of benzene rings is 2. The zero-order chi connectivity index (χ0) is 14.8. The smallest absolute Gasteiger partial charge is 0.241 e. The lowest BCUT2D eigenvalue weighted by Crippen LogP contribution is -2.27. The molecule has 4 nitrogen and oxygen atoms in total. The maximum atomic E-state index is 12.4. The van der Waals surface area contributed by atoms with Crippen molar-refractivity contribution in [3.8, 4) is 0 Å². The Morgan fingerprint density at radius 3 is 2.35 bits per heavy atom. The summed E-state index contributed by atoms with van der Waals surface area (Å²) >= 11 is 0. The van der Waals surface area contributed by atoms with E-state index < -0.39 is 10.0 Å². The van der Waals surface area contributed by atoms with Gasteiger partial charge in [0.05, 0.1) is 4.90 Å². The summed E-state index contributed by atoms with van der Waals surface area (Å²) in [4.78, 5) is 0.222. The van der Waals surface area contributed by atoms with E-state index in [2.05, 4.69) is 4.72 Å². The third-order valence-electron chi connectivity index (χ3n) is 3.25. The van der Waals surface area contributed by atoms with Crippen LogP contribution in [0.15, 0.2) is 53.4 Å². The number of nitrogens with one attached hydrogen (secondary N) is 1. The minimum absolute atomic E-state index is 0.222. The Morgan fingerprint density at radius 1 is 1.05 bits per heavy atom. The lowest BCUT2D eigenvalue weighted by Gasteiger charge is -2.16. The van der Waals surface area contributed by atoms with Gasteiger partial charge in [-0.2, -0.15) is 0 Å². The van der Waals surface area contributed by atoms with Crippen LogP contribution >= 0.6 is 0 Å². The Morgan fingerprint density at radius 2 is 1.70 bits per heavy atom. The number of hydrogen-bond donors (Lipinski definition) is 2. The molecule has 2 rings (SSSR count). The fraction of sp³-hybridized carbons (Fsp3) is 0.200. The van der Waals surface area contributed by atoms with Crippen LogP contribution in [0, 0.1) is 6.92 Å². The molecule has 0 radical (unpaired) electrons. The molecule has 0 unspecified atom stereocenters. The first-order chi connectivity index (χ1) is 9.42. The van der Waals surface area contributed by atoms with Gasteiger partial charge in [-0.15, -0.1) is 0 Å². The van der Waals surface area contributed by atoms with Crippen molar-refractivity contribution in [1.29, 1.82) is 0 Å². The van der Waals surface area contributed by atoms with Gasteiger partial charge >= 0.3 is 0 Å². The fourth-order valence-electron chi connectivity index (χ4n) is 2.03. The number of hydrogen-bond acceptors (Lipinski definition) is 3. The molecule has 2 aromatic carbocycles. The summed E-state index contributed by atoms with van der Waals surface area (Å²) in [7, 11) is -3.59. The highest BCUT2D eigenvalue weighted by atomic mass is 32.2. The maximum Gasteiger partial charge on any atom is 0.241 e. The molecule has 0 spiro atoms. The first kappa shape index (κ1) is 14.6. The molecular weight excluding hydrogens is 272 g/mol. The van der Waals surface area contributed by atoms with Crippen molar-refractivity contribution in [2.45, 2.75) is 24.8 Å². The van der Waals surface area contributed by atoms with Gasteiger partial charge in [0, 0.05) is 11.7 Å². The van der Waals surface area contributed by atoms with E-state index in [1.807, 2.05) is 37.3 Å². The van der Waals surface area contributed by atoms with Crippen molar-refractivity contribution >= 4 is 15.7 Å². The third kappa shape index (κ3) is 3.00. The monoisotopic (exact) mass is 290 g/mol. The van der Waals surface area contributed by atoms with Crippen molar-refractivity contribution in [2.75, 3.05) is 5.73 Å². The highest BCUT2D eigenvalue weighted by molar-refractivity contribution is 7.89. The topological polar surface area (TPSA) is 72.2 Å². The fourth-order valence-corrected chi connectivity index (χ4v) is 3.54. The second-order valence-corrected chi connectivity index (χ2v) is 6.41. The highest BCUT2D eigenvalue weighted by Gasteiger charge is 2.20. The maximum absolute atomic E-state index is 12.4. The largest absolute Gasteiger partial charge is 0.398 e. The Bertz CT molecular complexity index is 697. The van der Waals surface area contributed by atoms with Crippen molar-refractivity contribution < 1.29 is 8.42 Å². The van der Waals surface area contributed by atoms with Crippen LogP contribution in [0.2, 0.25) is 0 Å². The predicted octanol–water partition coefficient (Wildman–Crippen LogP) is 2.62. The van der Waals surface area contributed by atoms with Gasteiger partial charge in [0.15, 0.2) is 0 Å². The standard InChI is InChI=1S/C15H18N2O2S/c1-11-14(16)9-6-10-15(11)20(18,19)17-12(2)13-7-4-3-5-8-13/h3-10,12,17H,16H2,1-2H3/t12-/m1/s1. The first-order valence-corrected chi connectivity index (χ1v) is 7.82.